The number of pyridine rings is 1. The van der Waals surface area contributed by atoms with Gasteiger partial charge in [-0.2, -0.15) is 26.3 Å². The first-order valence-corrected chi connectivity index (χ1v) is 15.6. The number of aryl methyl sites for hydroxylation is 2. The van der Waals surface area contributed by atoms with Gasteiger partial charge < -0.3 is 36.7 Å². The largest absolute Gasteiger partial charge is 0.491 e. The van der Waals surface area contributed by atoms with Crippen LogP contribution in [0.3, 0.4) is 0 Å². The molecule has 5 aromatic rings. The van der Waals surface area contributed by atoms with Crippen LogP contribution in [0.25, 0.3) is 22.0 Å². The van der Waals surface area contributed by atoms with Crippen LogP contribution in [-0.4, -0.2) is 62.0 Å². The van der Waals surface area contributed by atoms with E-state index in [1.165, 1.54) is 0 Å². The lowest BCUT2D eigenvalue weighted by Gasteiger charge is -2.22. The summed E-state index contributed by atoms with van der Waals surface area (Å²) in [5.41, 5.74) is 16.1. The number of alkyl halides is 6. The summed E-state index contributed by atoms with van der Waals surface area (Å²) >= 11 is 0. The molecule has 0 bridgehead atoms. The van der Waals surface area contributed by atoms with Crippen LogP contribution in [0, 0.1) is 12.7 Å². The normalized spacial score (nSPS) is 11.7. The molecule has 0 fully saturated rings. The summed E-state index contributed by atoms with van der Waals surface area (Å²) in [5, 5.41) is 19.4. The SMILES string of the molecule is CCOc1cc(CC)cc(C(Nc2ccc3c(N)nccc3c2)c2nc(-c3c(C)cccc3C(N)=O)c[nH]2)c1F.O=C(O)C(F)(F)F.O=C(O)C(F)(F)F. The van der Waals surface area contributed by atoms with E-state index in [0.717, 1.165) is 27.6 Å². The van der Waals surface area contributed by atoms with Gasteiger partial charge in [-0.15, -0.1) is 0 Å². The highest BCUT2D eigenvalue weighted by Crippen LogP contribution is 2.35. The molecule has 54 heavy (non-hydrogen) atoms. The average Bonchev–Trinajstić information content (AvgIpc) is 3.57. The van der Waals surface area contributed by atoms with Gasteiger partial charge in [0.25, 0.3) is 0 Å². The molecule has 19 heteroatoms. The number of aliphatic carboxylic acids is 2. The standard InChI is InChI=1S/C31H31FN6O2.2C2HF3O2/c1-4-18-13-23(27(32)25(14-18)40-5-2)28(37-20-9-10-21-19(15-20)11-12-35-29(21)33)31-36-16-24(38-31)26-17(3)7-6-8-22(26)30(34)39;2*3-2(4,5)1(6)7/h6-16,28,37H,4-5H2,1-3H3,(H2,33,35)(H2,34,39)(H,36,38);2*(H,6,7). The Morgan fingerprint density at radius 3 is 2.15 bits per heavy atom. The van der Waals surface area contributed by atoms with Gasteiger partial charge in [0.2, 0.25) is 5.91 Å². The number of carbonyl (C=O) groups excluding carboxylic acids is 1. The van der Waals surface area contributed by atoms with Gasteiger partial charge in [-0.3, -0.25) is 4.79 Å². The zero-order chi connectivity index (χ0) is 40.5. The van der Waals surface area contributed by atoms with E-state index in [9.17, 15) is 31.1 Å². The van der Waals surface area contributed by atoms with Crippen LogP contribution in [0.1, 0.15) is 52.8 Å². The third-order valence-electron chi connectivity index (χ3n) is 7.40. The molecule has 0 aliphatic rings. The van der Waals surface area contributed by atoms with Crippen LogP contribution in [0.4, 0.5) is 42.2 Å². The second kappa shape index (κ2) is 17.4. The van der Waals surface area contributed by atoms with Gasteiger partial charge >= 0.3 is 24.3 Å². The van der Waals surface area contributed by atoms with Crippen molar-refractivity contribution in [3.8, 4) is 17.0 Å². The van der Waals surface area contributed by atoms with E-state index in [0.29, 0.717) is 47.1 Å². The maximum Gasteiger partial charge on any atom is 0.490 e. The van der Waals surface area contributed by atoms with Crippen molar-refractivity contribution in [3.63, 3.8) is 0 Å². The molecule has 3 aromatic carbocycles. The number of carbonyl (C=O) groups is 3. The fourth-order valence-electron chi connectivity index (χ4n) is 4.93. The minimum Gasteiger partial charge on any atom is -0.491 e. The fourth-order valence-corrected chi connectivity index (χ4v) is 4.93. The number of anilines is 2. The van der Waals surface area contributed by atoms with Crippen LogP contribution in [0.5, 0.6) is 5.75 Å². The first-order chi connectivity index (χ1) is 25.2. The Hall–Kier alpha value is -6.40. The number of benzene rings is 3. The molecule has 1 unspecified atom stereocenters. The highest BCUT2D eigenvalue weighted by atomic mass is 19.4. The van der Waals surface area contributed by atoms with Crippen LogP contribution in [0.15, 0.2) is 67.0 Å². The molecule has 1 amide bonds. The molecule has 1 atom stereocenters. The molecule has 288 valence electrons. The molecule has 2 aromatic heterocycles. The Morgan fingerprint density at radius 2 is 1.59 bits per heavy atom. The average molecular weight is 767 g/mol. The van der Waals surface area contributed by atoms with Crippen molar-refractivity contribution in [2.24, 2.45) is 5.73 Å². The third-order valence-corrected chi connectivity index (χ3v) is 7.40. The number of nitrogens with zero attached hydrogens (tertiary/aromatic N) is 2. The number of primary amides is 1. The lowest BCUT2D eigenvalue weighted by atomic mass is 9.98. The molecular formula is C35H33F7N6O6. The van der Waals surface area contributed by atoms with Gasteiger partial charge in [0.1, 0.15) is 17.7 Å². The smallest absolute Gasteiger partial charge is 0.490 e. The van der Waals surface area contributed by atoms with E-state index in [-0.39, 0.29) is 5.75 Å². The molecule has 2 heterocycles. The molecule has 12 nitrogen and oxygen atoms in total. The number of nitrogens with one attached hydrogen (secondary N) is 2. The summed E-state index contributed by atoms with van der Waals surface area (Å²) < 4.78 is 85.1. The van der Waals surface area contributed by atoms with E-state index in [1.807, 2.05) is 57.2 Å². The van der Waals surface area contributed by atoms with Crippen molar-refractivity contribution in [2.45, 2.75) is 45.6 Å². The molecule has 5 rings (SSSR count). The van der Waals surface area contributed by atoms with Crippen molar-refractivity contribution in [3.05, 3.63) is 101 Å². The maximum atomic E-state index is 16.0. The number of carboxylic acid groups (broad SMARTS) is 2. The van der Waals surface area contributed by atoms with Crippen LogP contribution >= 0.6 is 0 Å². The van der Waals surface area contributed by atoms with Crippen LogP contribution < -0.4 is 21.5 Å². The van der Waals surface area contributed by atoms with Gasteiger partial charge in [-0.25, -0.2) is 23.9 Å². The number of nitrogen functional groups attached to an aromatic ring is 1. The van der Waals surface area contributed by atoms with Crippen molar-refractivity contribution in [1.29, 1.82) is 0 Å². The van der Waals surface area contributed by atoms with Crippen molar-refractivity contribution in [1.82, 2.24) is 15.0 Å². The number of hydrogen-bond acceptors (Lipinski definition) is 8. The summed E-state index contributed by atoms with van der Waals surface area (Å²) in [5.74, 6) is -5.47. The molecule has 0 radical (unpaired) electrons. The number of rotatable bonds is 9. The van der Waals surface area contributed by atoms with Crippen LogP contribution in [-0.2, 0) is 16.0 Å². The second-order valence-corrected chi connectivity index (χ2v) is 11.1. The number of ether oxygens (including phenoxy) is 1. The highest BCUT2D eigenvalue weighted by Gasteiger charge is 2.39. The minimum atomic E-state index is -5.08. The third kappa shape index (κ3) is 10.6. The Labute approximate surface area is 302 Å². The number of hydrogen-bond donors (Lipinski definition) is 6. The van der Waals surface area contributed by atoms with Gasteiger partial charge in [0.05, 0.1) is 12.3 Å². The summed E-state index contributed by atoms with van der Waals surface area (Å²) in [6.07, 6.45) is -6.12. The molecule has 8 N–H and O–H groups in total. The first kappa shape index (κ1) is 42.0. The Kier molecular flexibility index (Phi) is 13.5. The lowest BCUT2D eigenvalue weighted by Crippen LogP contribution is -2.21. The Balaban J connectivity index is 0.000000476. The number of H-pyrrole nitrogens is 1. The number of nitrogens with two attached hydrogens (primary N) is 2. The maximum absolute atomic E-state index is 16.0. The van der Waals surface area contributed by atoms with Crippen molar-refractivity contribution < 1.29 is 60.1 Å². The molecule has 0 saturated carbocycles. The number of carboxylic acids is 2. The molecule has 0 spiro atoms. The second-order valence-electron chi connectivity index (χ2n) is 11.1. The topological polar surface area (TPSA) is 207 Å². The number of imidazole rings is 1. The molecule has 0 aliphatic heterocycles. The molecule has 0 saturated heterocycles. The van der Waals surface area contributed by atoms with E-state index < -0.39 is 42.1 Å². The van der Waals surface area contributed by atoms with E-state index in [2.05, 4.69) is 15.3 Å². The summed E-state index contributed by atoms with van der Waals surface area (Å²) in [6.45, 7) is 6.04. The van der Waals surface area contributed by atoms with E-state index in [1.54, 1.807) is 30.6 Å². The molecule has 0 aliphatic carbocycles. The van der Waals surface area contributed by atoms with Gasteiger partial charge in [0, 0.05) is 40.2 Å². The highest BCUT2D eigenvalue weighted by molar-refractivity contribution is 6.00. The van der Waals surface area contributed by atoms with E-state index >= 15 is 4.39 Å². The predicted molar refractivity (Wildman–Crippen MR) is 183 cm³/mol. The molecular weight excluding hydrogens is 733 g/mol. The number of amides is 1. The summed E-state index contributed by atoms with van der Waals surface area (Å²) in [6, 6.07) is 15.7. The first-order valence-electron chi connectivity index (χ1n) is 15.6. The predicted octanol–water partition coefficient (Wildman–Crippen LogP) is 7.18. The summed E-state index contributed by atoms with van der Waals surface area (Å²) in [7, 11) is 0. The summed E-state index contributed by atoms with van der Waals surface area (Å²) in [4.78, 5) is 42.2. The minimum absolute atomic E-state index is 0.183. The quantitative estimate of drug-likeness (QED) is 0.0833. The zero-order valence-electron chi connectivity index (χ0n) is 28.6. The number of halogens is 7. The van der Waals surface area contributed by atoms with Crippen LogP contribution in [0.2, 0.25) is 0 Å². The van der Waals surface area contributed by atoms with Gasteiger partial charge in [-0.1, -0.05) is 25.1 Å². The van der Waals surface area contributed by atoms with Gasteiger partial charge in [0.15, 0.2) is 11.6 Å². The van der Waals surface area contributed by atoms with E-state index in [4.69, 9.17) is 41.0 Å². The van der Waals surface area contributed by atoms with Gasteiger partial charge in [-0.05, 0) is 73.2 Å². The zero-order valence-corrected chi connectivity index (χ0v) is 28.6. The Bertz CT molecular complexity index is 2110. The van der Waals surface area contributed by atoms with Crippen molar-refractivity contribution >= 4 is 40.1 Å². The van der Waals surface area contributed by atoms with Crippen molar-refractivity contribution in [2.75, 3.05) is 17.7 Å². The number of aromatic amines is 1. The Morgan fingerprint density at radius 1 is 0.963 bits per heavy atom. The number of fused-ring (bicyclic) bond motifs is 1. The number of aromatic nitrogens is 3. The fraction of sp³-hybridized carbons (Fsp3) is 0.229. The monoisotopic (exact) mass is 766 g/mol. The lowest BCUT2D eigenvalue weighted by molar-refractivity contribution is -0.193.